The van der Waals surface area contributed by atoms with Crippen LogP contribution in [0.3, 0.4) is 0 Å². The standard InChI is InChI=1S/C14H28O4Si/c1-8-17-13(16)10-12(9-11(2)15)18-19(6,7)14(3,4)5/h12H,8-10H2,1-7H3/t12-/m1/s1. The number of rotatable bonds is 7. The molecule has 0 aliphatic rings. The summed E-state index contributed by atoms with van der Waals surface area (Å²) in [6, 6.07) is 0. The van der Waals surface area contributed by atoms with Crippen molar-refractivity contribution in [3.8, 4) is 0 Å². The van der Waals surface area contributed by atoms with Crippen LogP contribution in [0.1, 0.15) is 47.5 Å². The Morgan fingerprint density at radius 3 is 2.05 bits per heavy atom. The monoisotopic (exact) mass is 288 g/mol. The molecule has 0 aliphatic carbocycles. The van der Waals surface area contributed by atoms with Gasteiger partial charge in [0.25, 0.3) is 0 Å². The van der Waals surface area contributed by atoms with Gasteiger partial charge in [0.05, 0.1) is 19.1 Å². The van der Waals surface area contributed by atoms with Crippen LogP contribution in [-0.2, 0) is 18.8 Å². The predicted molar refractivity (Wildman–Crippen MR) is 78.6 cm³/mol. The number of esters is 1. The van der Waals surface area contributed by atoms with Gasteiger partial charge in [0.15, 0.2) is 8.32 Å². The second kappa shape index (κ2) is 7.19. The molecule has 0 aromatic rings. The number of hydrogen-bond donors (Lipinski definition) is 0. The molecule has 0 aromatic heterocycles. The highest BCUT2D eigenvalue weighted by Gasteiger charge is 2.39. The summed E-state index contributed by atoms with van der Waals surface area (Å²) in [5, 5.41) is 0.0523. The zero-order valence-corrected chi connectivity index (χ0v) is 14.3. The normalized spacial score (nSPS) is 14.1. The minimum absolute atomic E-state index is 0.0352. The van der Waals surface area contributed by atoms with Crippen molar-refractivity contribution in [3.05, 3.63) is 0 Å². The molecule has 19 heavy (non-hydrogen) atoms. The van der Waals surface area contributed by atoms with Crippen LogP contribution in [0.25, 0.3) is 0 Å². The molecule has 0 fully saturated rings. The first kappa shape index (κ1) is 18.3. The average molecular weight is 288 g/mol. The van der Waals surface area contributed by atoms with E-state index in [1.807, 2.05) is 0 Å². The molecule has 0 N–H and O–H groups in total. The highest BCUT2D eigenvalue weighted by Crippen LogP contribution is 2.38. The Hall–Kier alpha value is -0.683. The number of ether oxygens (including phenoxy) is 1. The molecule has 0 heterocycles. The van der Waals surface area contributed by atoms with E-state index in [2.05, 4.69) is 33.9 Å². The van der Waals surface area contributed by atoms with Crippen molar-refractivity contribution in [1.82, 2.24) is 0 Å². The van der Waals surface area contributed by atoms with Crippen molar-refractivity contribution < 1.29 is 18.8 Å². The van der Waals surface area contributed by atoms with Crippen molar-refractivity contribution in [3.63, 3.8) is 0 Å². The van der Waals surface area contributed by atoms with E-state index in [0.29, 0.717) is 6.61 Å². The fourth-order valence-electron chi connectivity index (χ4n) is 1.48. The first-order valence-electron chi connectivity index (χ1n) is 6.82. The van der Waals surface area contributed by atoms with E-state index >= 15 is 0 Å². The molecule has 5 heteroatoms. The summed E-state index contributed by atoms with van der Waals surface area (Å²) < 4.78 is 11.1. The summed E-state index contributed by atoms with van der Waals surface area (Å²) in [6.45, 7) is 14.3. The van der Waals surface area contributed by atoms with Gasteiger partial charge in [-0.2, -0.15) is 0 Å². The van der Waals surface area contributed by atoms with Gasteiger partial charge in [-0.1, -0.05) is 20.8 Å². The van der Waals surface area contributed by atoms with Gasteiger partial charge in [0.2, 0.25) is 0 Å². The van der Waals surface area contributed by atoms with Crippen LogP contribution >= 0.6 is 0 Å². The van der Waals surface area contributed by atoms with Crippen LogP contribution < -0.4 is 0 Å². The van der Waals surface area contributed by atoms with Crippen molar-refractivity contribution in [2.75, 3.05) is 6.61 Å². The third-order valence-electron chi connectivity index (χ3n) is 3.48. The summed E-state index contributed by atoms with van der Waals surface area (Å²) in [5.41, 5.74) is 0. The van der Waals surface area contributed by atoms with Crippen molar-refractivity contribution in [2.45, 2.75) is 71.7 Å². The van der Waals surface area contributed by atoms with E-state index in [1.165, 1.54) is 6.92 Å². The Labute approximate surface area is 118 Å². The number of carbonyl (C=O) groups excluding carboxylic acids is 2. The minimum Gasteiger partial charge on any atom is -0.466 e. The first-order valence-corrected chi connectivity index (χ1v) is 9.73. The van der Waals surface area contributed by atoms with Crippen LogP contribution in [-0.4, -0.2) is 32.8 Å². The lowest BCUT2D eigenvalue weighted by Crippen LogP contribution is -2.44. The molecule has 0 radical (unpaired) electrons. The van der Waals surface area contributed by atoms with E-state index in [1.54, 1.807) is 6.92 Å². The molecule has 0 spiro atoms. The van der Waals surface area contributed by atoms with Crippen molar-refractivity contribution >= 4 is 20.1 Å². The largest absolute Gasteiger partial charge is 0.466 e. The zero-order chi connectivity index (χ0) is 15.3. The van der Waals surface area contributed by atoms with Gasteiger partial charge in [-0.25, -0.2) is 0 Å². The van der Waals surface area contributed by atoms with Gasteiger partial charge in [0.1, 0.15) is 5.78 Å². The molecule has 0 saturated carbocycles. The third kappa shape index (κ3) is 6.87. The lowest BCUT2D eigenvalue weighted by atomic mass is 10.1. The zero-order valence-electron chi connectivity index (χ0n) is 13.3. The van der Waals surface area contributed by atoms with E-state index in [9.17, 15) is 9.59 Å². The molecule has 0 aromatic carbocycles. The molecule has 0 rings (SSSR count). The predicted octanol–water partition coefficient (Wildman–Crippen LogP) is 3.31. The topological polar surface area (TPSA) is 52.6 Å². The van der Waals surface area contributed by atoms with Crippen LogP contribution in [0, 0.1) is 0 Å². The van der Waals surface area contributed by atoms with Crippen molar-refractivity contribution in [1.29, 1.82) is 0 Å². The summed E-state index contributed by atoms with van der Waals surface area (Å²) in [7, 11) is -1.98. The molecule has 0 unspecified atom stereocenters. The lowest BCUT2D eigenvalue weighted by molar-refractivity contribution is -0.145. The van der Waals surface area contributed by atoms with Crippen LogP contribution in [0.5, 0.6) is 0 Å². The molecule has 0 saturated heterocycles. The van der Waals surface area contributed by atoms with Gasteiger partial charge < -0.3 is 9.16 Å². The number of carbonyl (C=O) groups is 2. The summed E-state index contributed by atoms with van der Waals surface area (Å²) >= 11 is 0. The molecule has 1 atom stereocenters. The maximum Gasteiger partial charge on any atom is 0.308 e. The lowest BCUT2D eigenvalue weighted by Gasteiger charge is -2.39. The highest BCUT2D eigenvalue weighted by atomic mass is 28.4. The van der Waals surface area contributed by atoms with Crippen molar-refractivity contribution in [2.24, 2.45) is 0 Å². The Balaban J connectivity index is 4.77. The van der Waals surface area contributed by atoms with E-state index in [0.717, 1.165) is 0 Å². The second-order valence-corrected chi connectivity index (χ2v) is 11.2. The molecule has 0 aliphatic heterocycles. The van der Waals surface area contributed by atoms with Gasteiger partial charge in [-0.05, 0) is 32.0 Å². The quantitative estimate of drug-likeness (QED) is 0.533. The summed E-state index contributed by atoms with van der Waals surface area (Å²) in [5.74, 6) is -0.263. The molecule has 0 amide bonds. The summed E-state index contributed by atoms with van der Waals surface area (Å²) in [4.78, 5) is 22.9. The molecular formula is C14H28O4Si. The van der Waals surface area contributed by atoms with Gasteiger partial charge >= 0.3 is 5.97 Å². The Morgan fingerprint density at radius 2 is 1.68 bits per heavy atom. The highest BCUT2D eigenvalue weighted by molar-refractivity contribution is 6.74. The Morgan fingerprint density at radius 1 is 1.16 bits per heavy atom. The Kier molecular flexibility index (Phi) is 6.93. The maximum absolute atomic E-state index is 11.6. The van der Waals surface area contributed by atoms with Gasteiger partial charge in [-0.15, -0.1) is 0 Å². The SMILES string of the molecule is CCOC(=O)C[C@@H](CC(C)=O)O[Si](C)(C)C(C)(C)C. The van der Waals surface area contributed by atoms with E-state index in [-0.39, 0.29) is 35.7 Å². The Bertz CT molecular complexity index is 318. The van der Waals surface area contributed by atoms with E-state index < -0.39 is 8.32 Å². The second-order valence-electron chi connectivity index (χ2n) is 6.42. The molecule has 4 nitrogen and oxygen atoms in total. The third-order valence-corrected chi connectivity index (χ3v) is 8.02. The van der Waals surface area contributed by atoms with Crippen LogP contribution in [0.4, 0.5) is 0 Å². The smallest absolute Gasteiger partial charge is 0.308 e. The number of hydrogen-bond acceptors (Lipinski definition) is 4. The molecule has 112 valence electrons. The minimum atomic E-state index is -1.98. The fourth-order valence-corrected chi connectivity index (χ4v) is 2.83. The van der Waals surface area contributed by atoms with E-state index in [4.69, 9.17) is 9.16 Å². The van der Waals surface area contributed by atoms with Gasteiger partial charge in [-0.3, -0.25) is 9.59 Å². The molecule has 0 bridgehead atoms. The molecular weight excluding hydrogens is 260 g/mol. The van der Waals surface area contributed by atoms with Crippen LogP contribution in [0.2, 0.25) is 18.1 Å². The van der Waals surface area contributed by atoms with Gasteiger partial charge in [0, 0.05) is 6.42 Å². The summed E-state index contributed by atoms with van der Waals surface area (Å²) in [6.07, 6.45) is 0.0584. The number of Topliss-reactive ketones (excluding diaryl/α,β-unsaturated/α-hetero) is 1. The average Bonchev–Trinajstić information content (AvgIpc) is 2.13. The van der Waals surface area contributed by atoms with Crippen LogP contribution in [0.15, 0.2) is 0 Å². The first-order chi connectivity index (χ1) is 8.49. The fraction of sp³-hybridized carbons (Fsp3) is 0.857. The number of ketones is 1. The maximum atomic E-state index is 11.6.